The van der Waals surface area contributed by atoms with Crippen LogP contribution in [0.4, 0.5) is 0 Å². The van der Waals surface area contributed by atoms with Crippen molar-refractivity contribution in [1.29, 1.82) is 0 Å². The Morgan fingerprint density at radius 1 is 0.246 bits per heavy atom. The Hall–Kier alpha value is -8.98. The molecule has 1 heterocycles. The second-order valence-corrected chi connectivity index (χ2v) is 18.0. The van der Waals surface area contributed by atoms with Crippen LogP contribution in [0, 0.1) is 0 Å². The average Bonchev–Trinajstić information content (AvgIpc) is 3.73. The van der Waals surface area contributed by atoms with Gasteiger partial charge in [-0.3, -0.25) is 0 Å². The van der Waals surface area contributed by atoms with Crippen molar-refractivity contribution in [3.63, 3.8) is 0 Å². The number of fused-ring (bicyclic) bond motifs is 5. The molecule has 0 saturated heterocycles. The average molecular weight is 877 g/mol. The molecular formula is C67H44N2. The van der Waals surface area contributed by atoms with Gasteiger partial charge in [0.05, 0.1) is 16.8 Å². The van der Waals surface area contributed by atoms with E-state index >= 15 is 0 Å². The van der Waals surface area contributed by atoms with E-state index in [0.29, 0.717) is 5.82 Å². The van der Waals surface area contributed by atoms with Gasteiger partial charge in [0.1, 0.15) is 0 Å². The topological polar surface area (TPSA) is 25.8 Å². The van der Waals surface area contributed by atoms with E-state index in [2.05, 4.69) is 261 Å². The van der Waals surface area contributed by atoms with Gasteiger partial charge in [0.2, 0.25) is 0 Å². The third-order valence-electron chi connectivity index (χ3n) is 14.2. The lowest BCUT2D eigenvalue weighted by molar-refractivity contribution is 0.768. The number of nitrogens with zero attached hydrogens (tertiary/aromatic N) is 2. The smallest absolute Gasteiger partial charge is 0.160 e. The van der Waals surface area contributed by atoms with Gasteiger partial charge in [0.15, 0.2) is 5.82 Å². The van der Waals surface area contributed by atoms with Gasteiger partial charge in [-0.25, -0.2) is 9.97 Å². The molecule has 0 bridgehead atoms. The molecule has 0 N–H and O–H groups in total. The van der Waals surface area contributed by atoms with Crippen molar-refractivity contribution in [1.82, 2.24) is 9.97 Å². The number of benzene rings is 11. The van der Waals surface area contributed by atoms with Gasteiger partial charge in [0.25, 0.3) is 0 Å². The maximum atomic E-state index is 5.32. The Morgan fingerprint density at radius 3 is 1.42 bits per heavy atom. The molecule has 1 aliphatic rings. The van der Waals surface area contributed by atoms with E-state index in [1.807, 2.05) is 6.07 Å². The van der Waals surface area contributed by atoms with Crippen molar-refractivity contribution in [3.05, 3.63) is 289 Å². The van der Waals surface area contributed by atoms with Gasteiger partial charge in [-0.05, 0) is 119 Å². The zero-order chi connectivity index (χ0) is 45.7. The molecule has 0 aliphatic heterocycles. The Labute approximate surface area is 402 Å². The van der Waals surface area contributed by atoms with Gasteiger partial charge in [-0.1, -0.05) is 237 Å². The van der Waals surface area contributed by atoms with Crippen LogP contribution in [0.2, 0.25) is 0 Å². The molecule has 0 unspecified atom stereocenters. The second kappa shape index (κ2) is 16.7. The molecule has 11 aromatic carbocycles. The molecule has 0 atom stereocenters. The van der Waals surface area contributed by atoms with Crippen molar-refractivity contribution < 1.29 is 0 Å². The first-order valence-corrected chi connectivity index (χ1v) is 23.7. The lowest BCUT2D eigenvalue weighted by Gasteiger charge is -2.33. The zero-order valence-corrected chi connectivity index (χ0v) is 37.8. The fraction of sp³-hybridized carbons (Fsp3) is 0.0149. The molecule has 0 saturated carbocycles. The van der Waals surface area contributed by atoms with Gasteiger partial charge < -0.3 is 0 Å². The molecule has 0 radical (unpaired) electrons. The summed E-state index contributed by atoms with van der Waals surface area (Å²) in [4.78, 5) is 10.6. The van der Waals surface area contributed by atoms with Crippen LogP contribution in [-0.2, 0) is 5.41 Å². The van der Waals surface area contributed by atoms with E-state index in [4.69, 9.17) is 9.97 Å². The lowest BCUT2D eigenvalue weighted by atomic mass is 9.67. The number of hydrogen-bond acceptors (Lipinski definition) is 2. The predicted molar refractivity (Wildman–Crippen MR) is 287 cm³/mol. The Kier molecular flexibility index (Phi) is 9.77. The van der Waals surface area contributed by atoms with Crippen LogP contribution in [0.15, 0.2) is 267 Å². The highest BCUT2D eigenvalue weighted by Gasteiger charge is 2.46. The third-order valence-corrected chi connectivity index (χ3v) is 14.2. The number of rotatable bonds is 8. The predicted octanol–water partition coefficient (Wildman–Crippen LogP) is 17.1. The lowest BCUT2D eigenvalue weighted by Crippen LogP contribution is -2.28. The van der Waals surface area contributed by atoms with Crippen LogP contribution in [0.1, 0.15) is 22.3 Å². The van der Waals surface area contributed by atoms with E-state index in [0.717, 1.165) is 49.8 Å². The highest BCUT2D eigenvalue weighted by molar-refractivity contribution is 6.06. The number of aromatic nitrogens is 2. The summed E-state index contributed by atoms with van der Waals surface area (Å²) in [6.07, 6.45) is 0. The fourth-order valence-corrected chi connectivity index (χ4v) is 11.0. The minimum atomic E-state index is -0.453. The normalized spacial score (nSPS) is 12.5. The molecule has 322 valence electrons. The summed E-state index contributed by atoms with van der Waals surface area (Å²) in [5.41, 5.74) is 19.1. The minimum Gasteiger partial charge on any atom is -0.228 e. The summed E-state index contributed by atoms with van der Waals surface area (Å²) in [5, 5.41) is 4.64. The van der Waals surface area contributed by atoms with Gasteiger partial charge >= 0.3 is 0 Å². The van der Waals surface area contributed by atoms with Crippen molar-refractivity contribution in [2.45, 2.75) is 5.41 Å². The van der Waals surface area contributed by atoms with Gasteiger partial charge in [0, 0.05) is 16.7 Å². The van der Waals surface area contributed by atoms with Crippen LogP contribution in [-0.4, -0.2) is 9.97 Å². The van der Waals surface area contributed by atoms with Crippen LogP contribution >= 0.6 is 0 Å². The van der Waals surface area contributed by atoms with E-state index in [-0.39, 0.29) is 0 Å². The first-order valence-electron chi connectivity index (χ1n) is 23.7. The first kappa shape index (κ1) is 40.3. The Bertz CT molecular complexity index is 3830. The Morgan fingerprint density at radius 2 is 0.725 bits per heavy atom. The van der Waals surface area contributed by atoms with E-state index in [9.17, 15) is 0 Å². The van der Waals surface area contributed by atoms with Gasteiger partial charge in [-0.2, -0.15) is 0 Å². The molecule has 0 amide bonds. The van der Waals surface area contributed by atoms with Crippen LogP contribution < -0.4 is 0 Å². The molecule has 12 aromatic rings. The third kappa shape index (κ3) is 6.80. The highest BCUT2D eigenvalue weighted by atomic mass is 14.9. The molecule has 2 nitrogen and oxygen atoms in total. The fourth-order valence-electron chi connectivity index (χ4n) is 11.0. The van der Waals surface area contributed by atoms with Crippen molar-refractivity contribution in [2.24, 2.45) is 0 Å². The SMILES string of the molecule is c1ccc(-c2cc(-c3ccc4c(c3)-c3ccccc3C4(c3ccccc3)c3ccccc3)cc(-c3ccc(-c4cc(-c5cccc6ccccc56)nc(-c5ccccc5)n4)c4ccccc34)c2)cc1. The standard InChI is InChI=1S/C67H44N2/c1-5-20-45(21-6-1)49-40-50(48-36-39-63-61(43-48)58-33-17-18-35-62(58)67(63,52-26-9-3-10-27-52)53-28-11-4-12-29-53)42-51(41-49)55-37-38-60(57-32-16-15-31-56(55)57)65-44-64(68-66(69-65)47-23-7-2-8-24-47)59-34-19-25-46-22-13-14-30-54(46)59/h1-44H. The molecule has 69 heavy (non-hydrogen) atoms. The van der Waals surface area contributed by atoms with E-state index in [1.54, 1.807) is 0 Å². The number of hydrogen-bond donors (Lipinski definition) is 0. The molecule has 2 heteroatoms. The van der Waals surface area contributed by atoms with Crippen LogP contribution in [0.5, 0.6) is 0 Å². The summed E-state index contributed by atoms with van der Waals surface area (Å²) in [6.45, 7) is 0. The molecule has 13 rings (SSSR count). The molecular weight excluding hydrogens is 833 g/mol. The summed E-state index contributed by atoms with van der Waals surface area (Å²) in [5.74, 6) is 0.700. The Balaban J connectivity index is 0.993. The maximum Gasteiger partial charge on any atom is 0.160 e. The van der Waals surface area contributed by atoms with E-state index < -0.39 is 5.41 Å². The summed E-state index contributed by atoms with van der Waals surface area (Å²) >= 11 is 0. The van der Waals surface area contributed by atoms with Crippen molar-refractivity contribution in [2.75, 3.05) is 0 Å². The second-order valence-electron chi connectivity index (χ2n) is 18.0. The quantitative estimate of drug-likeness (QED) is 0.152. The zero-order valence-electron chi connectivity index (χ0n) is 37.8. The highest BCUT2D eigenvalue weighted by Crippen LogP contribution is 2.57. The van der Waals surface area contributed by atoms with Crippen LogP contribution in [0.25, 0.3) is 100.0 Å². The molecule has 0 fully saturated rings. The largest absolute Gasteiger partial charge is 0.228 e. The van der Waals surface area contributed by atoms with E-state index in [1.165, 1.54) is 66.6 Å². The van der Waals surface area contributed by atoms with Crippen molar-refractivity contribution in [3.8, 4) is 78.4 Å². The van der Waals surface area contributed by atoms with Crippen LogP contribution in [0.3, 0.4) is 0 Å². The summed E-state index contributed by atoms with van der Waals surface area (Å²) in [7, 11) is 0. The van der Waals surface area contributed by atoms with Crippen molar-refractivity contribution >= 4 is 21.5 Å². The monoisotopic (exact) mass is 876 g/mol. The molecule has 0 spiro atoms. The minimum absolute atomic E-state index is 0.453. The molecule has 1 aliphatic carbocycles. The van der Waals surface area contributed by atoms with Gasteiger partial charge in [-0.15, -0.1) is 0 Å². The summed E-state index contributed by atoms with van der Waals surface area (Å²) < 4.78 is 0. The molecule has 1 aromatic heterocycles. The maximum absolute atomic E-state index is 5.32. The first-order chi connectivity index (χ1) is 34.2. The summed E-state index contributed by atoms with van der Waals surface area (Å²) in [6, 6.07) is 96.9.